The number of carbonyl (C=O) groups is 2. The van der Waals surface area contributed by atoms with Gasteiger partial charge in [-0.1, -0.05) is 30.3 Å². The summed E-state index contributed by atoms with van der Waals surface area (Å²) in [6, 6.07) is 9.92. The van der Waals surface area contributed by atoms with Gasteiger partial charge in [0.2, 0.25) is 0 Å². The van der Waals surface area contributed by atoms with Crippen molar-refractivity contribution in [3.05, 3.63) is 53.1 Å². The van der Waals surface area contributed by atoms with Crippen LogP contribution in [-0.2, 0) is 19.5 Å². The van der Waals surface area contributed by atoms with Gasteiger partial charge in [0.05, 0.1) is 5.69 Å². The van der Waals surface area contributed by atoms with Gasteiger partial charge in [0.15, 0.2) is 5.82 Å². The van der Waals surface area contributed by atoms with Crippen LogP contribution in [0.5, 0.6) is 0 Å². The van der Waals surface area contributed by atoms with E-state index in [0.29, 0.717) is 31.2 Å². The molecule has 0 radical (unpaired) electrons. The third-order valence-corrected chi connectivity index (χ3v) is 5.91. The van der Waals surface area contributed by atoms with Crippen molar-refractivity contribution in [2.24, 2.45) is 0 Å². The normalized spacial score (nSPS) is 17.1. The van der Waals surface area contributed by atoms with Crippen molar-refractivity contribution in [2.45, 2.75) is 32.4 Å². The number of likely N-dealkylation sites (N-methyl/N-ethyl adjacent to an activating group) is 1. The molecule has 1 saturated heterocycles. The smallest absolute Gasteiger partial charge is 0.289 e. The van der Waals surface area contributed by atoms with E-state index < -0.39 is 0 Å². The molecular weight excluding hydrogens is 366 g/mol. The highest BCUT2D eigenvalue weighted by Gasteiger charge is 2.31. The van der Waals surface area contributed by atoms with Crippen LogP contribution in [-0.4, -0.2) is 76.3 Å². The third kappa shape index (κ3) is 4.05. The van der Waals surface area contributed by atoms with Gasteiger partial charge in [0, 0.05) is 46.3 Å². The molecule has 4 rings (SSSR count). The van der Waals surface area contributed by atoms with Crippen LogP contribution in [0.1, 0.15) is 45.2 Å². The number of hydrogen-bond acceptors (Lipinski definition) is 4. The van der Waals surface area contributed by atoms with E-state index in [-0.39, 0.29) is 11.8 Å². The minimum Gasteiger partial charge on any atom is -0.335 e. The molecule has 1 fully saturated rings. The Morgan fingerprint density at radius 1 is 1.03 bits per heavy atom. The molecule has 0 aliphatic carbocycles. The highest BCUT2D eigenvalue weighted by atomic mass is 16.2. The first kappa shape index (κ1) is 19.6. The summed E-state index contributed by atoms with van der Waals surface area (Å²) in [6.45, 7) is 4.42. The molecule has 2 aromatic rings. The quantitative estimate of drug-likeness (QED) is 0.793. The van der Waals surface area contributed by atoms with Crippen molar-refractivity contribution in [3.8, 4) is 0 Å². The number of hydrogen-bond donors (Lipinski definition) is 0. The largest absolute Gasteiger partial charge is 0.335 e. The number of imidazole rings is 1. The molecule has 0 unspecified atom stereocenters. The second-order valence-electron chi connectivity index (χ2n) is 8.08. The van der Waals surface area contributed by atoms with Crippen LogP contribution in [0.2, 0.25) is 0 Å². The van der Waals surface area contributed by atoms with Crippen LogP contribution in [0.15, 0.2) is 30.3 Å². The van der Waals surface area contributed by atoms with Gasteiger partial charge in [-0.15, -0.1) is 0 Å². The van der Waals surface area contributed by atoms with Crippen LogP contribution in [0.3, 0.4) is 0 Å². The first-order valence-electron chi connectivity index (χ1n) is 10.4. The molecule has 154 valence electrons. The number of carbonyl (C=O) groups excluding carboxylic acids is 2. The van der Waals surface area contributed by atoms with Gasteiger partial charge in [-0.3, -0.25) is 9.59 Å². The molecule has 1 aromatic carbocycles. The molecular formula is C22H29N5O2. The molecule has 7 heteroatoms. The Morgan fingerprint density at radius 3 is 2.48 bits per heavy atom. The number of amides is 2. The number of piperazine rings is 1. The minimum atomic E-state index is -0.130. The zero-order valence-corrected chi connectivity index (χ0v) is 17.3. The highest BCUT2D eigenvalue weighted by Crippen LogP contribution is 2.24. The summed E-state index contributed by atoms with van der Waals surface area (Å²) in [7, 11) is 3.86. The van der Waals surface area contributed by atoms with Gasteiger partial charge in [-0.25, -0.2) is 4.98 Å². The van der Waals surface area contributed by atoms with E-state index in [4.69, 9.17) is 0 Å². The number of aromatic nitrogens is 2. The minimum absolute atomic E-state index is 0.0338. The van der Waals surface area contributed by atoms with Crippen molar-refractivity contribution in [1.82, 2.24) is 24.3 Å². The molecule has 7 nitrogen and oxygen atoms in total. The monoisotopic (exact) mass is 395 g/mol. The summed E-state index contributed by atoms with van der Waals surface area (Å²) in [5.41, 5.74) is 2.48. The predicted octanol–water partition coefficient (Wildman–Crippen LogP) is 1.88. The van der Waals surface area contributed by atoms with Gasteiger partial charge in [-0.05, 0) is 31.9 Å². The van der Waals surface area contributed by atoms with Gasteiger partial charge >= 0.3 is 0 Å². The van der Waals surface area contributed by atoms with Gasteiger partial charge < -0.3 is 19.3 Å². The lowest BCUT2D eigenvalue weighted by Gasteiger charge is -2.32. The molecule has 0 spiro atoms. The van der Waals surface area contributed by atoms with E-state index in [0.717, 1.165) is 50.2 Å². The Bertz CT molecular complexity index is 884. The standard InChI is InChI=1S/C22H29N5O2/c1-24-12-14-26(15-13-24)21(28)19-18-10-6-7-11-27(18)20(23-19)22(29)25(2)16-17-8-4-3-5-9-17/h3-5,8-9H,6-7,10-16H2,1-2H3. The van der Waals surface area contributed by atoms with Crippen LogP contribution in [0, 0.1) is 0 Å². The Balaban J connectivity index is 1.59. The summed E-state index contributed by atoms with van der Waals surface area (Å²) in [6.07, 6.45) is 2.84. The topological polar surface area (TPSA) is 61.7 Å². The lowest BCUT2D eigenvalue weighted by Crippen LogP contribution is -2.47. The average molecular weight is 396 g/mol. The molecule has 2 aliphatic heterocycles. The fraction of sp³-hybridized carbons (Fsp3) is 0.500. The van der Waals surface area contributed by atoms with E-state index in [1.165, 1.54) is 0 Å². The number of nitrogens with zero attached hydrogens (tertiary/aromatic N) is 5. The maximum absolute atomic E-state index is 13.2. The number of benzene rings is 1. The fourth-order valence-electron chi connectivity index (χ4n) is 4.14. The van der Waals surface area contributed by atoms with E-state index in [2.05, 4.69) is 16.9 Å². The van der Waals surface area contributed by atoms with E-state index in [9.17, 15) is 9.59 Å². The Hall–Kier alpha value is -2.67. The van der Waals surface area contributed by atoms with Gasteiger partial charge in [-0.2, -0.15) is 0 Å². The van der Waals surface area contributed by atoms with E-state index in [1.54, 1.807) is 11.9 Å². The molecule has 29 heavy (non-hydrogen) atoms. The molecule has 0 atom stereocenters. The Labute approximate surface area is 171 Å². The Morgan fingerprint density at radius 2 is 1.76 bits per heavy atom. The van der Waals surface area contributed by atoms with Crippen LogP contribution in [0.4, 0.5) is 0 Å². The zero-order valence-electron chi connectivity index (χ0n) is 17.3. The maximum Gasteiger partial charge on any atom is 0.289 e. The van der Waals surface area contributed by atoms with E-state index >= 15 is 0 Å². The van der Waals surface area contributed by atoms with Crippen molar-refractivity contribution in [1.29, 1.82) is 0 Å². The van der Waals surface area contributed by atoms with Crippen molar-refractivity contribution in [2.75, 3.05) is 40.3 Å². The van der Waals surface area contributed by atoms with Crippen molar-refractivity contribution < 1.29 is 9.59 Å². The van der Waals surface area contributed by atoms with Crippen molar-refractivity contribution >= 4 is 11.8 Å². The molecule has 3 heterocycles. The third-order valence-electron chi connectivity index (χ3n) is 5.91. The lowest BCUT2D eigenvalue weighted by molar-refractivity contribution is 0.0657. The average Bonchev–Trinajstić information content (AvgIpc) is 3.13. The summed E-state index contributed by atoms with van der Waals surface area (Å²) < 4.78 is 1.98. The molecule has 1 aromatic heterocycles. The fourth-order valence-corrected chi connectivity index (χ4v) is 4.14. The molecule has 0 saturated carbocycles. The van der Waals surface area contributed by atoms with Crippen molar-refractivity contribution in [3.63, 3.8) is 0 Å². The summed E-state index contributed by atoms with van der Waals surface area (Å²) in [5, 5.41) is 0. The second kappa shape index (κ2) is 8.37. The van der Waals surface area contributed by atoms with Crippen LogP contribution >= 0.6 is 0 Å². The van der Waals surface area contributed by atoms with Gasteiger partial charge in [0.1, 0.15) is 5.69 Å². The van der Waals surface area contributed by atoms with E-state index in [1.807, 2.05) is 39.8 Å². The maximum atomic E-state index is 13.2. The summed E-state index contributed by atoms with van der Waals surface area (Å²) in [5.74, 6) is 0.235. The molecule has 2 aliphatic rings. The molecule has 2 amide bonds. The number of rotatable bonds is 4. The molecule has 0 N–H and O–H groups in total. The SMILES string of the molecule is CN1CCN(C(=O)c2nc(C(=O)N(C)Cc3ccccc3)n3c2CCCC3)CC1. The summed E-state index contributed by atoms with van der Waals surface area (Å²) in [4.78, 5) is 36.8. The number of fused-ring (bicyclic) bond motifs is 1. The first-order valence-corrected chi connectivity index (χ1v) is 10.4. The lowest BCUT2D eigenvalue weighted by atomic mass is 10.1. The molecule has 0 bridgehead atoms. The second-order valence-corrected chi connectivity index (χ2v) is 8.08. The van der Waals surface area contributed by atoms with Gasteiger partial charge in [0.25, 0.3) is 11.8 Å². The van der Waals surface area contributed by atoms with Crippen LogP contribution in [0.25, 0.3) is 0 Å². The first-order chi connectivity index (χ1) is 14.0. The highest BCUT2D eigenvalue weighted by molar-refractivity contribution is 5.97. The van der Waals surface area contributed by atoms with Crippen LogP contribution < -0.4 is 0 Å². The predicted molar refractivity (Wildman–Crippen MR) is 111 cm³/mol. The Kier molecular flexibility index (Phi) is 5.67. The zero-order chi connectivity index (χ0) is 20.4. The summed E-state index contributed by atoms with van der Waals surface area (Å²) >= 11 is 0.